The zero-order valence-corrected chi connectivity index (χ0v) is 16.2. The van der Waals surface area contributed by atoms with E-state index in [0.29, 0.717) is 4.80 Å². The first-order valence-corrected chi connectivity index (χ1v) is 10.3. The standard InChI is InChI=1S/C19H19FN2O2S2/c1-24-15-6-3-13(4-7-15)11-18(23)21-19-22(9-10-25-2)16-8-5-14(20)12-17(16)26-19/h3-8,12H,9-11H2,1-2H3. The first kappa shape index (κ1) is 18.7. The average Bonchev–Trinajstić information content (AvgIpc) is 2.96. The van der Waals surface area contributed by atoms with Gasteiger partial charge < -0.3 is 9.30 Å². The van der Waals surface area contributed by atoms with Gasteiger partial charge in [-0.3, -0.25) is 4.79 Å². The fourth-order valence-electron chi connectivity index (χ4n) is 2.60. The summed E-state index contributed by atoms with van der Waals surface area (Å²) in [6.07, 6.45) is 2.25. The SMILES string of the molecule is COc1ccc(CC(=O)N=c2sc3cc(F)ccc3n2CCSC)cc1. The van der Waals surface area contributed by atoms with Crippen molar-refractivity contribution in [2.75, 3.05) is 19.1 Å². The molecular formula is C19H19FN2O2S2. The minimum atomic E-state index is -0.285. The van der Waals surface area contributed by atoms with Crippen molar-refractivity contribution in [3.8, 4) is 5.75 Å². The minimum absolute atomic E-state index is 0.217. The van der Waals surface area contributed by atoms with Gasteiger partial charge in [0.25, 0.3) is 5.91 Å². The number of aromatic nitrogens is 1. The first-order valence-electron chi connectivity index (χ1n) is 8.09. The van der Waals surface area contributed by atoms with Crippen LogP contribution in [-0.4, -0.2) is 29.6 Å². The lowest BCUT2D eigenvalue weighted by molar-refractivity contribution is -0.117. The van der Waals surface area contributed by atoms with Crippen LogP contribution in [0.3, 0.4) is 0 Å². The summed E-state index contributed by atoms with van der Waals surface area (Å²) in [7, 11) is 1.60. The maximum Gasteiger partial charge on any atom is 0.252 e. The van der Waals surface area contributed by atoms with Crippen molar-refractivity contribution in [1.82, 2.24) is 4.57 Å². The summed E-state index contributed by atoms with van der Waals surface area (Å²) in [5.74, 6) is 1.13. The van der Waals surface area contributed by atoms with Crippen molar-refractivity contribution in [3.05, 3.63) is 58.6 Å². The summed E-state index contributed by atoms with van der Waals surface area (Å²) in [6, 6.07) is 12.0. The number of nitrogens with zero attached hydrogens (tertiary/aromatic N) is 2. The lowest BCUT2D eigenvalue weighted by Crippen LogP contribution is -2.18. The van der Waals surface area contributed by atoms with Crippen molar-refractivity contribution >= 4 is 39.2 Å². The van der Waals surface area contributed by atoms with Crippen molar-refractivity contribution in [2.45, 2.75) is 13.0 Å². The molecule has 1 aromatic heterocycles. The van der Waals surface area contributed by atoms with Gasteiger partial charge >= 0.3 is 0 Å². The van der Waals surface area contributed by atoms with Gasteiger partial charge in [-0.15, -0.1) is 0 Å². The molecule has 0 aliphatic rings. The van der Waals surface area contributed by atoms with Crippen LogP contribution < -0.4 is 9.54 Å². The molecule has 0 aliphatic heterocycles. The van der Waals surface area contributed by atoms with Crippen LogP contribution in [0.5, 0.6) is 5.75 Å². The Labute approximate surface area is 159 Å². The molecule has 0 unspecified atom stereocenters. The third-order valence-corrected chi connectivity index (χ3v) is 5.53. The molecule has 0 atom stereocenters. The summed E-state index contributed by atoms with van der Waals surface area (Å²) >= 11 is 3.06. The highest BCUT2D eigenvalue weighted by Gasteiger charge is 2.09. The number of amides is 1. The topological polar surface area (TPSA) is 43.6 Å². The van der Waals surface area contributed by atoms with E-state index in [0.717, 1.165) is 33.8 Å². The molecule has 0 fully saturated rings. The summed E-state index contributed by atoms with van der Waals surface area (Å²) in [6.45, 7) is 0.724. The van der Waals surface area contributed by atoms with E-state index in [1.165, 1.54) is 23.5 Å². The molecule has 1 heterocycles. The second-order valence-corrected chi connectivity index (χ2v) is 7.67. The van der Waals surface area contributed by atoms with Gasteiger partial charge in [0.2, 0.25) is 0 Å². The molecule has 2 aromatic carbocycles. The highest BCUT2D eigenvalue weighted by Crippen LogP contribution is 2.19. The van der Waals surface area contributed by atoms with E-state index < -0.39 is 0 Å². The number of carbonyl (C=O) groups is 1. The fourth-order valence-corrected chi connectivity index (χ4v) is 4.06. The van der Waals surface area contributed by atoms with E-state index in [9.17, 15) is 9.18 Å². The molecule has 0 radical (unpaired) electrons. The fraction of sp³-hybridized carbons (Fsp3) is 0.263. The number of rotatable bonds is 6. The van der Waals surface area contributed by atoms with Gasteiger partial charge in [0, 0.05) is 12.3 Å². The number of thioether (sulfide) groups is 1. The van der Waals surface area contributed by atoms with Crippen LogP contribution in [0.2, 0.25) is 0 Å². The molecule has 0 spiro atoms. The van der Waals surface area contributed by atoms with Crippen LogP contribution in [0.15, 0.2) is 47.5 Å². The molecule has 26 heavy (non-hydrogen) atoms. The van der Waals surface area contributed by atoms with Gasteiger partial charge in [0.15, 0.2) is 4.80 Å². The Hall–Kier alpha value is -2.12. The molecule has 0 bridgehead atoms. The molecule has 3 rings (SSSR count). The molecule has 0 aliphatic carbocycles. The predicted octanol–water partition coefficient (Wildman–Crippen LogP) is 3.88. The normalized spacial score (nSPS) is 11.9. The van der Waals surface area contributed by atoms with E-state index in [4.69, 9.17) is 4.74 Å². The minimum Gasteiger partial charge on any atom is -0.497 e. The molecule has 7 heteroatoms. The van der Waals surface area contributed by atoms with Crippen molar-refractivity contribution < 1.29 is 13.9 Å². The van der Waals surface area contributed by atoms with E-state index in [2.05, 4.69) is 4.99 Å². The molecule has 0 saturated heterocycles. The zero-order chi connectivity index (χ0) is 18.5. The number of ether oxygens (including phenoxy) is 1. The molecule has 0 saturated carbocycles. The molecule has 0 N–H and O–H groups in total. The molecular weight excluding hydrogens is 371 g/mol. The summed E-state index contributed by atoms with van der Waals surface area (Å²) < 4.78 is 21.4. The second kappa shape index (κ2) is 8.51. The van der Waals surface area contributed by atoms with Crippen LogP contribution in [-0.2, 0) is 17.8 Å². The Morgan fingerprint density at radius 2 is 2.04 bits per heavy atom. The largest absolute Gasteiger partial charge is 0.497 e. The van der Waals surface area contributed by atoms with Gasteiger partial charge in [-0.05, 0) is 42.2 Å². The summed E-state index contributed by atoms with van der Waals surface area (Å²) in [5.41, 5.74) is 1.78. The highest BCUT2D eigenvalue weighted by molar-refractivity contribution is 7.98. The lowest BCUT2D eigenvalue weighted by atomic mass is 10.1. The van der Waals surface area contributed by atoms with Gasteiger partial charge in [-0.1, -0.05) is 23.5 Å². The lowest BCUT2D eigenvalue weighted by Gasteiger charge is -2.04. The summed E-state index contributed by atoms with van der Waals surface area (Å²) in [4.78, 5) is 17.3. The number of aryl methyl sites for hydroxylation is 1. The molecule has 1 amide bonds. The van der Waals surface area contributed by atoms with Crippen LogP contribution in [0.25, 0.3) is 10.2 Å². The Bertz CT molecular complexity index is 977. The number of thiazole rings is 1. The van der Waals surface area contributed by atoms with Gasteiger partial charge in [0.1, 0.15) is 11.6 Å². The van der Waals surface area contributed by atoms with Crippen molar-refractivity contribution in [1.29, 1.82) is 0 Å². The maximum absolute atomic E-state index is 13.5. The Balaban J connectivity index is 1.92. The Morgan fingerprint density at radius 3 is 2.73 bits per heavy atom. The van der Waals surface area contributed by atoms with Gasteiger partial charge in [-0.25, -0.2) is 4.39 Å². The molecule has 4 nitrogen and oxygen atoms in total. The number of methoxy groups -OCH3 is 1. The number of carbonyl (C=O) groups excluding carboxylic acids is 1. The number of hydrogen-bond donors (Lipinski definition) is 0. The zero-order valence-electron chi connectivity index (χ0n) is 14.6. The third-order valence-electron chi connectivity index (χ3n) is 3.90. The second-order valence-electron chi connectivity index (χ2n) is 5.67. The highest BCUT2D eigenvalue weighted by atomic mass is 32.2. The monoisotopic (exact) mass is 390 g/mol. The van der Waals surface area contributed by atoms with E-state index in [1.807, 2.05) is 35.1 Å². The number of fused-ring (bicyclic) bond motifs is 1. The molecule has 136 valence electrons. The first-order chi connectivity index (χ1) is 12.6. The maximum atomic E-state index is 13.5. The summed E-state index contributed by atoms with van der Waals surface area (Å²) in [5, 5.41) is 0. The number of benzene rings is 2. The van der Waals surface area contributed by atoms with Crippen molar-refractivity contribution in [2.24, 2.45) is 4.99 Å². The van der Waals surface area contributed by atoms with Crippen molar-refractivity contribution in [3.63, 3.8) is 0 Å². The van der Waals surface area contributed by atoms with E-state index in [1.54, 1.807) is 24.9 Å². The van der Waals surface area contributed by atoms with Crippen LogP contribution in [0.4, 0.5) is 4.39 Å². The quantitative estimate of drug-likeness (QED) is 0.641. The van der Waals surface area contributed by atoms with Crippen LogP contribution >= 0.6 is 23.1 Å². The number of hydrogen-bond acceptors (Lipinski definition) is 4. The average molecular weight is 391 g/mol. The Morgan fingerprint density at radius 1 is 1.27 bits per heavy atom. The van der Waals surface area contributed by atoms with Crippen LogP contribution in [0, 0.1) is 5.82 Å². The molecule has 3 aromatic rings. The van der Waals surface area contributed by atoms with E-state index >= 15 is 0 Å². The predicted molar refractivity (Wildman–Crippen MR) is 105 cm³/mol. The third kappa shape index (κ3) is 4.34. The van der Waals surface area contributed by atoms with Gasteiger partial charge in [-0.2, -0.15) is 16.8 Å². The van der Waals surface area contributed by atoms with E-state index in [-0.39, 0.29) is 18.1 Å². The smallest absolute Gasteiger partial charge is 0.252 e. The van der Waals surface area contributed by atoms with Crippen LogP contribution in [0.1, 0.15) is 5.56 Å². The number of halogens is 1. The Kier molecular flexibility index (Phi) is 6.11. The van der Waals surface area contributed by atoms with Gasteiger partial charge in [0.05, 0.1) is 23.7 Å².